The van der Waals surface area contributed by atoms with E-state index in [-0.39, 0.29) is 0 Å². The molecule has 0 saturated heterocycles. The highest BCUT2D eigenvalue weighted by molar-refractivity contribution is 5.75. The van der Waals surface area contributed by atoms with Gasteiger partial charge in [-0.2, -0.15) is 4.98 Å². The zero-order valence-electron chi connectivity index (χ0n) is 20.2. The zero-order valence-corrected chi connectivity index (χ0v) is 20.2. The van der Waals surface area contributed by atoms with Crippen molar-refractivity contribution in [3.8, 4) is 5.75 Å². The van der Waals surface area contributed by atoms with Gasteiger partial charge in [0.15, 0.2) is 0 Å². The van der Waals surface area contributed by atoms with Crippen molar-refractivity contribution in [3.05, 3.63) is 57.8 Å². The first-order chi connectivity index (χ1) is 15.3. The van der Waals surface area contributed by atoms with Gasteiger partial charge >= 0.3 is 0 Å². The number of aromatic nitrogens is 2. The van der Waals surface area contributed by atoms with E-state index in [1.807, 2.05) is 13.1 Å². The molecule has 0 radical (unpaired) electrons. The maximum atomic E-state index is 6.06. The molecule has 3 aromatic rings. The molecule has 1 aliphatic heterocycles. The predicted molar refractivity (Wildman–Crippen MR) is 133 cm³/mol. The van der Waals surface area contributed by atoms with Gasteiger partial charge in [-0.3, -0.25) is 0 Å². The molecule has 6 nitrogen and oxygen atoms in total. The number of fused-ring (bicyclic) bond motifs is 1. The van der Waals surface area contributed by atoms with Gasteiger partial charge in [-0.15, -0.1) is 0 Å². The van der Waals surface area contributed by atoms with E-state index in [9.17, 15) is 0 Å². The lowest BCUT2D eigenvalue weighted by molar-refractivity contribution is 0.320. The van der Waals surface area contributed by atoms with Crippen molar-refractivity contribution in [2.45, 2.75) is 48.0 Å². The standard InChI is InChI=1S/C26H33N5O/c1-15-9-10-21(18(4)17(15)3)28-25-16(2)14-27-26(30-25)29-22-13-23-24(20(6)19(22)5)32-12-8-11-31(23)7/h9-10,13-14H,8,11-12H2,1-7H3,(H2,27,28,29,30). The number of nitrogens with zero attached hydrogens (tertiary/aromatic N) is 3. The molecule has 0 atom stereocenters. The summed E-state index contributed by atoms with van der Waals surface area (Å²) in [4.78, 5) is 11.6. The first-order valence-corrected chi connectivity index (χ1v) is 11.2. The van der Waals surface area contributed by atoms with Crippen molar-refractivity contribution in [2.24, 2.45) is 0 Å². The van der Waals surface area contributed by atoms with Crippen LogP contribution in [0.1, 0.15) is 39.8 Å². The third kappa shape index (κ3) is 4.09. The summed E-state index contributed by atoms with van der Waals surface area (Å²) in [5, 5.41) is 6.95. The average Bonchev–Trinajstić information content (AvgIpc) is 2.96. The maximum Gasteiger partial charge on any atom is 0.229 e. The number of hydrogen-bond donors (Lipinski definition) is 2. The van der Waals surface area contributed by atoms with Crippen molar-refractivity contribution in [2.75, 3.05) is 35.7 Å². The lowest BCUT2D eigenvalue weighted by atomic mass is 10.0. The Hall–Kier alpha value is -3.28. The molecule has 168 valence electrons. The predicted octanol–water partition coefficient (Wildman–Crippen LogP) is 6.03. The highest BCUT2D eigenvalue weighted by Crippen LogP contribution is 2.40. The summed E-state index contributed by atoms with van der Waals surface area (Å²) < 4.78 is 6.06. The van der Waals surface area contributed by atoms with Crippen LogP contribution < -0.4 is 20.3 Å². The fourth-order valence-corrected chi connectivity index (χ4v) is 4.04. The molecule has 0 bridgehead atoms. The van der Waals surface area contributed by atoms with Gasteiger partial charge in [0, 0.05) is 36.7 Å². The molecule has 0 spiro atoms. The minimum absolute atomic E-state index is 0.569. The van der Waals surface area contributed by atoms with E-state index >= 15 is 0 Å². The summed E-state index contributed by atoms with van der Waals surface area (Å²) in [5.41, 5.74) is 10.3. The SMILES string of the molecule is Cc1cnc(Nc2cc3c(c(C)c2C)OCCCN3C)nc1Nc1ccc(C)c(C)c1C. The third-order valence-corrected chi connectivity index (χ3v) is 6.65. The molecule has 2 aromatic carbocycles. The monoisotopic (exact) mass is 431 g/mol. The molecule has 2 N–H and O–H groups in total. The van der Waals surface area contributed by atoms with Crippen LogP contribution in [0.3, 0.4) is 0 Å². The Morgan fingerprint density at radius 2 is 1.62 bits per heavy atom. The van der Waals surface area contributed by atoms with E-state index in [0.717, 1.165) is 64.9 Å². The van der Waals surface area contributed by atoms with Crippen LogP contribution in [0.4, 0.5) is 28.8 Å². The number of nitrogens with one attached hydrogen (secondary N) is 2. The van der Waals surface area contributed by atoms with E-state index in [0.29, 0.717) is 5.95 Å². The summed E-state index contributed by atoms with van der Waals surface area (Å²) in [6, 6.07) is 6.40. The van der Waals surface area contributed by atoms with Crippen LogP contribution in [0.25, 0.3) is 0 Å². The second-order valence-corrected chi connectivity index (χ2v) is 8.80. The van der Waals surface area contributed by atoms with Gasteiger partial charge in [0.2, 0.25) is 5.95 Å². The first-order valence-electron chi connectivity index (χ1n) is 11.2. The lowest BCUT2D eigenvalue weighted by Crippen LogP contribution is -2.17. The van der Waals surface area contributed by atoms with E-state index in [4.69, 9.17) is 9.72 Å². The molecule has 0 aliphatic carbocycles. The Morgan fingerprint density at radius 3 is 2.41 bits per heavy atom. The number of rotatable bonds is 4. The smallest absolute Gasteiger partial charge is 0.229 e. The van der Waals surface area contributed by atoms with Gasteiger partial charge in [-0.25, -0.2) is 4.98 Å². The van der Waals surface area contributed by atoms with Gasteiger partial charge in [-0.05, 0) is 87.9 Å². The zero-order chi connectivity index (χ0) is 23.0. The van der Waals surface area contributed by atoms with Crippen molar-refractivity contribution >= 4 is 28.8 Å². The minimum atomic E-state index is 0.569. The largest absolute Gasteiger partial charge is 0.491 e. The van der Waals surface area contributed by atoms with Crippen LogP contribution >= 0.6 is 0 Å². The maximum absolute atomic E-state index is 6.06. The average molecular weight is 432 g/mol. The third-order valence-electron chi connectivity index (χ3n) is 6.65. The second-order valence-electron chi connectivity index (χ2n) is 8.80. The summed E-state index contributed by atoms with van der Waals surface area (Å²) in [7, 11) is 2.11. The number of aryl methyl sites for hydroxylation is 2. The van der Waals surface area contributed by atoms with Crippen molar-refractivity contribution in [1.29, 1.82) is 0 Å². The Morgan fingerprint density at radius 1 is 0.875 bits per heavy atom. The molecule has 32 heavy (non-hydrogen) atoms. The molecule has 2 heterocycles. The molecule has 6 heteroatoms. The van der Waals surface area contributed by atoms with Gasteiger partial charge in [-0.1, -0.05) is 6.07 Å². The van der Waals surface area contributed by atoms with E-state index in [1.165, 1.54) is 16.7 Å². The first kappa shape index (κ1) is 21.9. The van der Waals surface area contributed by atoms with Gasteiger partial charge < -0.3 is 20.3 Å². The number of ether oxygens (including phenoxy) is 1. The molecular weight excluding hydrogens is 398 g/mol. The summed E-state index contributed by atoms with van der Waals surface area (Å²) in [6.07, 6.45) is 2.87. The van der Waals surface area contributed by atoms with Crippen LogP contribution in [-0.2, 0) is 0 Å². The Labute approximate surface area is 191 Å². The number of anilines is 5. The van der Waals surface area contributed by atoms with Crippen LogP contribution in [0.5, 0.6) is 5.75 Å². The normalized spacial score (nSPS) is 13.3. The Kier molecular flexibility index (Phi) is 5.96. The van der Waals surface area contributed by atoms with Crippen molar-refractivity contribution in [3.63, 3.8) is 0 Å². The van der Waals surface area contributed by atoms with E-state index in [2.05, 4.69) is 80.4 Å². The fourth-order valence-electron chi connectivity index (χ4n) is 4.04. The highest BCUT2D eigenvalue weighted by atomic mass is 16.5. The minimum Gasteiger partial charge on any atom is -0.491 e. The summed E-state index contributed by atoms with van der Waals surface area (Å²) in [5.74, 6) is 2.35. The molecule has 0 amide bonds. The molecular formula is C26H33N5O. The fraction of sp³-hybridized carbons (Fsp3) is 0.385. The molecule has 0 unspecified atom stereocenters. The Bertz CT molecular complexity index is 1170. The van der Waals surface area contributed by atoms with Gasteiger partial charge in [0.25, 0.3) is 0 Å². The Balaban J connectivity index is 1.67. The van der Waals surface area contributed by atoms with Crippen LogP contribution in [0.2, 0.25) is 0 Å². The molecule has 1 aromatic heterocycles. The van der Waals surface area contributed by atoms with Crippen molar-refractivity contribution in [1.82, 2.24) is 9.97 Å². The van der Waals surface area contributed by atoms with Crippen LogP contribution in [-0.4, -0.2) is 30.2 Å². The van der Waals surface area contributed by atoms with Crippen LogP contribution in [0, 0.1) is 41.5 Å². The van der Waals surface area contributed by atoms with E-state index < -0.39 is 0 Å². The molecule has 0 fully saturated rings. The van der Waals surface area contributed by atoms with Gasteiger partial charge in [0.05, 0.1) is 12.3 Å². The second kappa shape index (κ2) is 8.69. The number of hydrogen-bond acceptors (Lipinski definition) is 6. The van der Waals surface area contributed by atoms with Gasteiger partial charge in [0.1, 0.15) is 11.6 Å². The number of benzene rings is 2. The van der Waals surface area contributed by atoms with E-state index in [1.54, 1.807) is 0 Å². The topological polar surface area (TPSA) is 62.3 Å². The summed E-state index contributed by atoms with van der Waals surface area (Å²) in [6.45, 7) is 14.4. The summed E-state index contributed by atoms with van der Waals surface area (Å²) >= 11 is 0. The van der Waals surface area contributed by atoms with Crippen LogP contribution in [0.15, 0.2) is 24.4 Å². The molecule has 0 saturated carbocycles. The van der Waals surface area contributed by atoms with Crippen molar-refractivity contribution < 1.29 is 4.74 Å². The molecule has 4 rings (SSSR count). The lowest BCUT2D eigenvalue weighted by Gasteiger charge is -2.23. The highest BCUT2D eigenvalue weighted by Gasteiger charge is 2.20. The molecule has 1 aliphatic rings. The quantitative estimate of drug-likeness (QED) is 0.526.